The van der Waals surface area contributed by atoms with Gasteiger partial charge in [0.2, 0.25) is 5.91 Å². The van der Waals surface area contributed by atoms with Gasteiger partial charge in [-0.05, 0) is 41.8 Å². The fourth-order valence-electron chi connectivity index (χ4n) is 2.84. The Labute approximate surface area is 145 Å². The van der Waals surface area contributed by atoms with Gasteiger partial charge in [0.1, 0.15) is 0 Å². The van der Waals surface area contributed by atoms with Gasteiger partial charge in [-0.1, -0.05) is 24.3 Å². The van der Waals surface area contributed by atoms with Crippen LogP contribution in [0, 0.1) is 0 Å². The number of nitrogens with one attached hydrogen (secondary N) is 2. The molecule has 2 N–H and O–H groups in total. The number of benzene rings is 2. The second-order valence-electron chi connectivity index (χ2n) is 5.96. The Balaban J connectivity index is 1.61. The van der Waals surface area contributed by atoms with Gasteiger partial charge in [0.25, 0.3) is 0 Å². The topological polar surface area (TPSA) is 78.5 Å². The van der Waals surface area contributed by atoms with Crippen LogP contribution >= 0.6 is 0 Å². The summed E-state index contributed by atoms with van der Waals surface area (Å²) in [5, 5.41) is 5.24. The molecule has 0 atom stereocenters. The van der Waals surface area contributed by atoms with Gasteiger partial charge in [0, 0.05) is 31.4 Å². The first-order valence-electron chi connectivity index (χ1n) is 8.07. The van der Waals surface area contributed by atoms with Crippen LogP contribution in [0.15, 0.2) is 48.5 Å². The minimum atomic E-state index is -0.661. The minimum absolute atomic E-state index is 0.169. The first-order valence-corrected chi connectivity index (χ1v) is 8.07. The molecule has 0 fully saturated rings. The number of amides is 3. The Morgan fingerprint density at radius 3 is 2.12 bits per heavy atom. The summed E-state index contributed by atoms with van der Waals surface area (Å²) in [5.74, 6) is -1.37. The van der Waals surface area contributed by atoms with E-state index < -0.39 is 11.8 Å². The molecule has 0 bridgehead atoms. The van der Waals surface area contributed by atoms with Gasteiger partial charge >= 0.3 is 11.8 Å². The normalized spacial score (nSPS) is 12.9. The largest absolute Gasteiger partial charge is 0.330 e. The summed E-state index contributed by atoms with van der Waals surface area (Å²) < 4.78 is 0. The predicted molar refractivity (Wildman–Crippen MR) is 94.9 cm³/mol. The highest BCUT2D eigenvalue weighted by Gasteiger charge is 2.25. The lowest BCUT2D eigenvalue weighted by Gasteiger charge is -2.28. The zero-order chi connectivity index (χ0) is 17.8. The van der Waals surface area contributed by atoms with E-state index in [1.165, 1.54) is 12.5 Å². The Morgan fingerprint density at radius 2 is 1.48 bits per heavy atom. The zero-order valence-electron chi connectivity index (χ0n) is 13.9. The summed E-state index contributed by atoms with van der Waals surface area (Å²) in [6, 6.07) is 14.6. The van der Waals surface area contributed by atoms with Crippen LogP contribution < -0.4 is 10.6 Å². The number of carbonyl (C=O) groups is 3. The number of nitrogens with zero attached hydrogens (tertiary/aromatic N) is 1. The maximum Gasteiger partial charge on any atom is 0.313 e. The van der Waals surface area contributed by atoms with E-state index >= 15 is 0 Å². The molecule has 0 saturated heterocycles. The van der Waals surface area contributed by atoms with Crippen molar-refractivity contribution in [2.24, 2.45) is 0 Å². The third kappa shape index (κ3) is 4.03. The van der Waals surface area contributed by atoms with Gasteiger partial charge < -0.3 is 15.5 Å². The average Bonchev–Trinajstić information content (AvgIpc) is 2.62. The van der Waals surface area contributed by atoms with Crippen molar-refractivity contribution in [2.75, 3.05) is 17.2 Å². The van der Waals surface area contributed by atoms with Gasteiger partial charge in [-0.2, -0.15) is 0 Å². The molecule has 1 heterocycles. The summed E-state index contributed by atoms with van der Waals surface area (Å²) in [7, 11) is 0. The van der Waals surface area contributed by atoms with Gasteiger partial charge in [-0.25, -0.2) is 0 Å². The number of fused-ring (bicyclic) bond motifs is 1. The van der Waals surface area contributed by atoms with Crippen molar-refractivity contribution in [1.82, 2.24) is 4.90 Å². The lowest BCUT2D eigenvalue weighted by atomic mass is 10.00. The molecule has 128 valence electrons. The standard InChI is InChI=1S/C19H19N3O3/c1-13(23)20-16-6-8-17(9-7-16)21-18(24)19(25)22-11-10-14-4-2-3-5-15(14)12-22/h2-9H,10-12H2,1H3,(H,20,23)(H,21,24). The highest BCUT2D eigenvalue weighted by atomic mass is 16.2. The van der Waals surface area contributed by atoms with E-state index in [0.29, 0.717) is 24.5 Å². The monoisotopic (exact) mass is 337 g/mol. The van der Waals surface area contributed by atoms with Crippen molar-refractivity contribution < 1.29 is 14.4 Å². The molecule has 1 aliphatic heterocycles. The molecular formula is C19H19N3O3. The highest BCUT2D eigenvalue weighted by molar-refractivity contribution is 6.39. The third-order valence-electron chi connectivity index (χ3n) is 4.08. The van der Waals surface area contributed by atoms with E-state index in [1.54, 1.807) is 29.2 Å². The lowest BCUT2D eigenvalue weighted by molar-refractivity contribution is -0.143. The lowest BCUT2D eigenvalue weighted by Crippen LogP contribution is -2.42. The van der Waals surface area contributed by atoms with Crippen LogP contribution in [-0.4, -0.2) is 29.2 Å². The molecule has 0 aromatic heterocycles. The van der Waals surface area contributed by atoms with E-state index in [9.17, 15) is 14.4 Å². The Hall–Kier alpha value is -3.15. The van der Waals surface area contributed by atoms with Crippen LogP contribution in [0.2, 0.25) is 0 Å². The molecule has 0 saturated carbocycles. The second-order valence-corrected chi connectivity index (χ2v) is 5.96. The number of anilines is 2. The molecule has 3 rings (SSSR count). The molecule has 2 aromatic carbocycles. The van der Waals surface area contributed by atoms with E-state index in [0.717, 1.165) is 12.0 Å². The van der Waals surface area contributed by atoms with Gasteiger partial charge in [0.15, 0.2) is 0 Å². The quantitative estimate of drug-likeness (QED) is 0.825. The van der Waals surface area contributed by atoms with Crippen LogP contribution in [0.4, 0.5) is 11.4 Å². The summed E-state index contributed by atoms with van der Waals surface area (Å²) in [6.45, 7) is 2.40. The molecule has 6 heteroatoms. The van der Waals surface area contributed by atoms with Crippen molar-refractivity contribution in [3.8, 4) is 0 Å². The number of hydrogen-bond acceptors (Lipinski definition) is 3. The molecule has 0 radical (unpaired) electrons. The van der Waals surface area contributed by atoms with E-state index in [-0.39, 0.29) is 5.91 Å². The fourth-order valence-corrected chi connectivity index (χ4v) is 2.84. The molecular weight excluding hydrogens is 318 g/mol. The molecule has 1 aliphatic rings. The summed E-state index contributed by atoms with van der Waals surface area (Å²) in [5.41, 5.74) is 3.43. The van der Waals surface area contributed by atoms with Crippen molar-refractivity contribution in [1.29, 1.82) is 0 Å². The zero-order valence-corrected chi connectivity index (χ0v) is 13.9. The van der Waals surface area contributed by atoms with E-state index in [2.05, 4.69) is 10.6 Å². The first kappa shape index (κ1) is 16.7. The molecule has 0 aliphatic carbocycles. The predicted octanol–water partition coefficient (Wildman–Crippen LogP) is 2.17. The van der Waals surface area contributed by atoms with Crippen LogP contribution in [-0.2, 0) is 27.3 Å². The van der Waals surface area contributed by atoms with Gasteiger partial charge in [0.05, 0.1) is 0 Å². The van der Waals surface area contributed by atoms with Crippen LogP contribution in [0.5, 0.6) is 0 Å². The van der Waals surface area contributed by atoms with Crippen LogP contribution in [0.25, 0.3) is 0 Å². The van der Waals surface area contributed by atoms with Crippen molar-refractivity contribution in [3.63, 3.8) is 0 Å². The Morgan fingerprint density at radius 1 is 0.880 bits per heavy atom. The van der Waals surface area contributed by atoms with Gasteiger partial charge in [-0.3, -0.25) is 14.4 Å². The second kappa shape index (κ2) is 7.17. The summed E-state index contributed by atoms with van der Waals surface area (Å²) >= 11 is 0. The fraction of sp³-hybridized carbons (Fsp3) is 0.211. The van der Waals surface area contributed by atoms with E-state index in [1.807, 2.05) is 24.3 Å². The highest BCUT2D eigenvalue weighted by Crippen LogP contribution is 2.19. The van der Waals surface area contributed by atoms with Crippen molar-refractivity contribution in [2.45, 2.75) is 19.9 Å². The molecule has 25 heavy (non-hydrogen) atoms. The molecule has 6 nitrogen and oxygen atoms in total. The smallest absolute Gasteiger partial charge is 0.313 e. The average molecular weight is 337 g/mol. The van der Waals surface area contributed by atoms with Crippen LogP contribution in [0.3, 0.4) is 0 Å². The number of rotatable bonds is 2. The van der Waals surface area contributed by atoms with Crippen LogP contribution in [0.1, 0.15) is 18.1 Å². The van der Waals surface area contributed by atoms with E-state index in [4.69, 9.17) is 0 Å². The first-order chi connectivity index (χ1) is 12.0. The minimum Gasteiger partial charge on any atom is -0.330 e. The van der Waals surface area contributed by atoms with Crippen molar-refractivity contribution >= 4 is 29.1 Å². The molecule has 3 amide bonds. The Kier molecular flexibility index (Phi) is 4.79. The molecule has 0 spiro atoms. The molecule has 0 unspecified atom stereocenters. The number of carbonyl (C=O) groups excluding carboxylic acids is 3. The summed E-state index contributed by atoms with van der Waals surface area (Å²) in [6.07, 6.45) is 0.751. The number of hydrogen-bond donors (Lipinski definition) is 2. The Bertz CT molecular complexity index is 815. The maximum absolute atomic E-state index is 12.4. The van der Waals surface area contributed by atoms with Crippen molar-refractivity contribution in [3.05, 3.63) is 59.7 Å². The SMILES string of the molecule is CC(=O)Nc1ccc(NC(=O)C(=O)N2CCc3ccccc3C2)cc1. The van der Waals surface area contributed by atoms with Gasteiger partial charge in [-0.15, -0.1) is 0 Å². The molecule has 2 aromatic rings. The third-order valence-corrected chi connectivity index (χ3v) is 4.08. The summed E-state index contributed by atoms with van der Waals surface area (Å²) in [4.78, 5) is 37.2. The maximum atomic E-state index is 12.4.